The van der Waals surface area contributed by atoms with E-state index >= 15 is 0 Å². The fraction of sp³-hybridized carbons (Fsp3) is 0.0833. The van der Waals surface area contributed by atoms with Crippen LogP contribution in [0.2, 0.25) is 0 Å². The molecule has 0 saturated heterocycles. The summed E-state index contributed by atoms with van der Waals surface area (Å²) in [6, 6.07) is 6.52. The third-order valence-corrected chi connectivity index (χ3v) is 4.17. The van der Waals surface area contributed by atoms with Crippen molar-refractivity contribution < 1.29 is 14.3 Å². The standard InChI is InChI=1S/C12H11N3O3S2/c13-11(17)8-4-6-19-12(8)14-9(16)7-20-10-3-1-2-5-15(10)18/h1-6H,7H2,(H2,13,17)(H,14,16). The first-order chi connectivity index (χ1) is 9.58. The third-order valence-electron chi connectivity index (χ3n) is 2.32. The second-order valence-electron chi connectivity index (χ2n) is 3.73. The summed E-state index contributed by atoms with van der Waals surface area (Å²) >= 11 is 2.34. The SMILES string of the molecule is NC(=O)c1ccsc1NC(=O)CSc1cccc[n+]1[O-]. The molecule has 104 valence electrons. The van der Waals surface area contributed by atoms with Gasteiger partial charge in [0.15, 0.2) is 6.20 Å². The molecule has 2 rings (SSSR count). The van der Waals surface area contributed by atoms with Gasteiger partial charge in [-0.3, -0.25) is 9.59 Å². The minimum Gasteiger partial charge on any atom is -0.618 e. The second-order valence-corrected chi connectivity index (χ2v) is 5.64. The molecule has 3 N–H and O–H groups in total. The van der Waals surface area contributed by atoms with E-state index in [0.717, 1.165) is 11.8 Å². The second kappa shape index (κ2) is 6.40. The Kier molecular flexibility index (Phi) is 4.59. The van der Waals surface area contributed by atoms with Gasteiger partial charge >= 0.3 is 0 Å². The lowest BCUT2D eigenvalue weighted by Gasteiger charge is -2.05. The van der Waals surface area contributed by atoms with E-state index in [9.17, 15) is 14.8 Å². The van der Waals surface area contributed by atoms with Gasteiger partial charge in [0, 0.05) is 12.1 Å². The number of rotatable bonds is 5. The summed E-state index contributed by atoms with van der Waals surface area (Å²) in [5, 5.41) is 16.5. The van der Waals surface area contributed by atoms with Crippen LogP contribution in [0.1, 0.15) is 10.4 Å². The number of pyridine rings is 1. The van der Waals surface area contributed by atoms with Crippen molar-refractivity contribution in [2.24, 2.45) is 5.73 Å². The van der Waals surface area contributed by atoms with Gasteiger partial charge in [0.05, 0.1) is 11.3 Å². The molecule has 0 aliphatic rings. The minimum atomic E-state index is -0.588. The molecule has 2 aromatic rings. The zero-order valence-electron chi connectivity index (χ0n) is 10.2. The normalized spacial score (nSPS) is 10.2. The Balaban J connectivity index is 1.95. The number of nitrogens with two attached hydrogens (primary N) is 1. The Morgan fingerprint density at radius 3 is 2.90 bits per heavy atom. The Labute approximate surface area is 123 Å². The van der Waals surface area contributed by atoms with Crippen molar-refractivity contribution in [3.8, 4) is 0 Å². The highest BCUT2D eigenvalue weighted by atomic mass is 32.2. The largest absolute Gasteiger partial charge is 0.618 e. The first-order valence-corrected chi connectivity index (χ1v) is 7.42. The summed E-state index contributed by atoms with van der Waals surface area (Å²) in [6.45, 7) is 0. The Hall–Kier alpha value is -2.06. The summed E-state index contributed by atoms with van der Waals surface area (Å²) in [7, 11) is 0. The summed E-state index contributed by atoms with van der Waals surface area (Å²) in [4.78, 5) is 22.9. The molecular weight excluding hydrogens is 298 g/mol. The minimum absolute atomic E-state index is 0.0718. The topological polar surface area (TPSA) is 99.1 Å². The molecule has 0 fully saturated rings. The zero-order valence-corrected chi connectivity index (χ0v) is 11.9. The summed E-state index contributed by atoms with van der Waals surface area (Å²) in [5.74, 6) is -0.819. The average molecular weight is 309 g/mol. The molecular formula is C12H11N3O3S2. The predicted octanol–water partition coefficient (Wildman–Crippen LogP) is 1.21. The van der Waals surface area contributed by atoms with Crippen LogP contribution in [0.4, 0.5) is 5.00 Å². The quantitative estimate of drug-likeness (QED) is 0.492. The first-order valence-electron chi connectivity index (χ1n) is 5.56. The lowest BCUT2D eigenvalue weighted by molar-refractivity contribution is -0.645. The molecule has 0 aromatic carbocycles. The fourth-order valence-electron chi connectivity index (χ4n) is 1.43. The van der Waals surface area contributed by atoms with E-state index in [2.05, 4.69) is 5.32 Å². The van der Waals surface area contributed by atoms with Crippen LogP contribution in [-0.2, 0) is 4.79 Å². The van der Waals surface area contributed by atoms with Crippen LogP contribution >= 0.6 is 23.1 Å². The van der Waals surface area contributed by atoms with Crippen LogP contribution in [0, 0.1) is 5.21 Å². The van der Waals surface area contributed by atoms with Crippen molar-refractivity contribution in [3.63, 3.8) is 0 Å². The molecule has 0 bridgehead atoms. The first kappa shape index (κ1) is 14.4. The van der Waals surface area contributed by atoms with Crippen molar-refractivity contribution in [1.82, 2.24) is 0 Å². The Morgan fingerprint density at radius 1 is 1.40 bits per heavy atom. The Bertz CT molecular complexity index is 642. The van der Waals surface area contributed by atoms with Crippen LogP contribution in [0.5, 0.6) is 0 Å². The van der Waals surface area contributed by atoms with E-state index in [-0.39, 0.29) is 17.2 Å². The van der Waals surface area contributed by atoms with Crippen LogP contribution in [0.15, 0.2) is 40.9 Å². The molecule has 2 amide bonds. The van der Waals surface area contributed by atoms with Crippen LogP contribution in [0.25, 0.3) is 0 Å². The zero-order chi connectivity index (χ0) is 14.5. The maximum Gasteiger partial charge on any atom is 0.251 e. The van der Waals surface area contributed by atoms with E-state index < -0.39 is 5.91 Å². The highest BCUT2D eigenvalue weighted by Gasteiger charge is 2.14. The predicted molar refractivity (Wildman–Crippen MR) is 77.6 cm³/mol. The third kappa shape index (κ3) is 3.49. The Morgan fingerprint density at radius 2 is 2.20 bits per heavy atom. The van der Waals surface area contributed by atoms with E-state index in [1.165, 1.54) is 17.5 Å². The molecule has 0 saturated carbocycles. The number of amides is 2. The van der Waals surface area contributed by atoms with Crippen LogP contribution in [-0.4, -0.2) is 17.6 Å². The van der Waals surface area contributed by atoms with Gasteiger partial charge in [0.1, 0.15) is 5.00 Å². The molecule has 8 heteroatoms. The van der Waals surface area contributed by atoms with E-state index in [0.29, 0.717) is 14.8 Å². The number of carbonyl (C=O) groups excluding carboxylic acids is 2. The molecule has 0 spiro atoms. The van der Waals surface area contributed by atoms with E-state index in [1.54, 1.807) is 29.6 Å². The maximum absolute atomic E-state index is 11.8. The summed E-state index contributed by atoms with van der Waals surface area (Å²) < 4.78 is 0.692. The van der Waals surface area contributed by atoms with Gasteiger partial charge in [-0.05, 0) is 29.3 Å². The van der Waals surface area contributed by atoms with Crippen molar-refractivity contribution in [3.05, 3.63) is 46.6 Å². The molecule has 0 atom stereocenters. The number of hydrogen-bond acceptors (Lipinski definition) is 5. The monoisotopic (exact) mass is 309 g/mol. The number of aromatic nitrogens is 1. The number of hydrogen-bond donors (Lipinski definition) is 2. The fourth-order valence-corrected chi connectivity index (χ4v) is 2.95. The van der Waals surface area contributed by atoms with Crippen LogP contribution in [0.3, 0.4) is 0 Å². The van der Waals surface area contributed by atoms with Gasteiger partial charge in [-0.2, -0.15) is 4.73 Å². The van der Waals surface area contributed by atoms with Gasteiger partial charge in [-0.15, -0.1) is 11.3 Å². The molecule has 2 aromatic heterocycles. The maximum atomic E-state index is 11.8. The molecule has 0 unspecified atom stereocenters. The van der Waals surface area contributed by atoms with Gasteiger partial charge in [0.25, 0.3) is 10.9 Å². The van der Waals surface area contributed by atoms with Crippen LogP contribution < -0.4 is 15.8 Å². The van der Waals surface area contributed by atoms with Gasteiger partial charge < -0.3 is 16.3 Å². The molecule has 2 heterocycles. The summed E-state index contributed by atoms with van der Waals surface area (Å²) in [5.41, 5.74) is 5.47. The number of nitrogens with one attached hydrogen (secondary N) is 1. The molecule has 0 aliphatic carbocycles. The summed E-state index contributed by atoms with van der Waals surface area (Å²) in [6.07, 6.45) is 1.37. The molecule has 6 nitrogen and oxygen atoms in total. The lowest BCUT2D eigenvalue weighted by atomic mass is 10.3. The van der Waals surface area contributed by atoms with Crippen molar-refractivity contribution in [2.45, 2.75) is 5.03 Å². The van der Waals surface area contributed by atoms with Crippen molar-refractivity contribution in [2.75, 3.05) is 11.1 Å². The van der Waals surface area contributed by atoms with Gasteiger partial charge in [0.2, 0.25) is 5.91 Å². The number of primary amides is 1. The molecule has 0 aliphatic heterocycles. The molecule has 20 heavy (non-hydrogen) atoms. The van der Waals surface area contributed by atoms with E-state index in [4.69, 9.17) is 5.73 Å². The van der Waals surface area contributed by atoms with Gasteiger partial charge in [-0.25, -0.2) is 0 Å². The number of thioether (sulfide) groups is 1. The van der Waals surface area contributed by atoms with E-state index in [1.807, 2.05) is 0 Å². The van der Waals surface area contributed by atoms with Crippen molar-refractivity contribution >= 4 is 39.9 Å². The lowest BCUT2D eigenvalue weighted by Crippen LogP contribution is -2.28. The highest BCUT2D eigenvalue weighted by Crippen LogP contribution is 2.23. The van der Waals surface area contributed by atoms with Crippen molar-refractivity contribution in [1.29, 1.82) is 0 Å². The smallest absolute Gasteiger partial charge is 0.251 e. The highest BCUT2D eigenvalue weighted by molar-refractivity contribution is 7.99. The average Bonchev–Trinajstić information content (AvgIpc) is 2.86. The van der Waals surface area contributed by atoms with Gasteiger partial charge in [-0.1, -0.05) is 0 Å². The number of thiophene rings is 1. The molecule has 0 radical (unpaired) electrons. The number of anilines is 1. The number of carbonyl (C=O) groups is 2. The number of nitrogens with zero attached hydrogens (tertiary/aromatic N) is 1.